The van der Waals surface area contributed by atoms with E-state index in [9.17, 15) is 0 Å². The molecule has 164 valence electrons. The maximum absolute atomic E-state index is 5.78. The van der Waals surface area contributed by atoms with Crippen LogP contribution in [0, 0.1) is 0 Å². The molecule has 2 N–H and O–H groups in total. The van der Waals surface area contributed by atoms with E-state index in [1.807, 2.05) is 18.2 Å². The number of aliphatic imine (C=N–C) groups is 1. The van der Waals surface area contributed by atoms with E-state index >= 15 is 0 Å². The molecule has 1 saturated heterocycles. The molecule has 2 aromatic rings. The summed E-state index contributed by atoms with van der Waals surface area (Å²) in [5.41, 5.74) is 1.12. The highest BCUT2D eigenvalue weighted by Crippen LogP contribution is 2.30. The fraction of sp³-hybridized carbons (Fsp3) is 0.500. The smallest absolute Gasteiger partial charge is 0.191 e. The van der Waals surface area contributed by atoms with Crippen LogP contribution in [-0.4, -0.2) is 50.8 Å². The van der Waals surface area contributed by atoms with Gasteiger partial charge in [0, 0.05) is 26.6 Å². The third-order valence-corrected chi connectivity index (χ3v) is 5.41. The number of likely N-dealkylation sites (tertiary alicyclic amines) is 1. The van der Waals surface area contributed by atoms with Crippen molar-refractivity contribution in [3.8, 4) is 11.5 Å². The van der Waals surface area contributed by atoms with Crippen LogP contribution in [0.25, 0.3) is 0 Å². The van der Waals surface area contributed by atoms with Gasteiger partial charge in [-0.1, -0.05) is 6.07 Å². The molecule has 1 atom stereocenters. The Bertz CT molecular complexity index is 807. The fourth-order valence-corrected chi connectivity index (χ4v) is 3.86. The molecular formula is C22H31IN4O3. The molecule has 8 heteroatoms. The van der Waals surface area contributed by atoms with E-state index in [0.717, 1.165) is 54.8 Å². The van der Waals surface area contributed by atoms with Gasteiger partial charge >= 0.3 is 0 Å². The zero-order valence-corrected chi connectivity index (χ0v) is 19.8. The first-order valence-electron chi connectivity index (χ1n) is 10.4. The van der Waals surface area contributed by atoms with Gasteiger partial charge in [-0.3, -0.25) is 9.89 Å². The van der Waals surface area contributed by atoms with Crippen molar-refractivity contribution in [2.75, 3.05) is 39.9 Å². The Balaban J connectivity index is 0.00000256. The van der Waals surface area contributed by atoms with Gasteiger partial charge in [-0.2, -0.15) is 0 Å². The molecule has 2 aliphatic heterocycles. The number of nitrogens with one attached hydrogen (secondary N) is 2. The van der Waals surface area contributed by atoms with Gasteiger partial charge in [0.1, 0.15) is 5.76 Å². The molecular weight excluding hydrogens is 495 g/mol. The van der Waals surface area contributed by atoms with Gasteiger partial charge in [0.2, 0.25) is 0 Å². The second-order valence-corrected chi connectivity index (χ2v) is 7.41. The fourth-order valence-electron chi connectivity index (χ4n) is 3.86. The molecule has 0 aliphatic carbocycles. The maximum Gasteiger partial charge on any atom is 0.191 e. The Morgan fingerprint density at radius 2 is 1.87 bits per heavy atom. The van der Waals surface area contributed by atoms with Crippen LogP contribution in [-0.2, 0) is 6.54 Å². The minimum Gasteiger partial charge on any atom is -0.490 e. The van der Waals surface area contributed by atoms with Crippen LogP contribution >= 0.6 is 24.0 Å². The lowest BCUT2D eigenvalue weighted by atomic mass is 10.2. The van der Waals surface area contributed by atoms with Crippen LogP contribution in [0.4, 0.5) is 0 Å². The molecule has 1 aromatic carbocycles. The van der Waals surface area contributed by atoms with E-state index in [1.165, 1.54) is 12.8 Å². The van der Waals surface area contributed by atoms with Gasteiger partial charge in [0.25, 0.3) is 0 Å². The SMILES string of the molecule is CN=C(NCc1ccc2c(c1)OCCCO2)NCC(c1ccco1)N1CCCC1.I. The monoisotopic (exact) mass is 526 g/mol. The summed E-state index contributed by atoms with van der Waals surface area (Å²) in [6.07, 6.45) is 5.14. The van der Waals surface area contributed by atoms with E-state index in [2.05, 4.69) is 32.7 Å². The number of nitrogens with zero attached hydrogens (tertiary/aromatic N) is 2. The van der Waals surface area contributed by atoms with E-state index in [1.54, 1.807) is 13.3 Å². The summed E-state index contributed by atoms with van der Waals surface area (Å²) in [7, 11) is 1.79. The molecule has 0 saturated carbocycles. The molecule has 0 spiro atoms. The van der Waals surface area contributed by atoms with E-state index in [0.29, 0.717) is 19.8 Å². The normalized spacial score (nSPS) is 17.7. The number of guanidine groups is 1. The number of hydrogen-bond acceptors (Lipinski definition) is 5. The lowest BCUT2D eigenvalue weighted by Crippen LogP contribution is -2.42. The van der Waals surface area contributed by atoms with Gasteiger partial charge in [-0.15, -0.1) is 24.0 Å². The molecule has 30 heavy (non-hydrogen) atoms. The summed E-state index contributed by atoms with van der Waals surface area (Å²) in [5, 5.41) is 6.85. The van der Waals surface area contributed by atoms with Gasteiger partial charge in [-0.05, 0) is 55.8 Å². The second-order valence-electron chi connectivity index (χ2n) is 7.41. The van der Waals surface area contributed by atoms with E-state index in [-0.39, 0.29) is 30.0 Å². The predicted molar refractivity (Wildman–Crippen MR) is 128 cm³/mol. The number of rotatable bonds is 6. The van der Waals surface area contributed by atoms with Crippen LogP contribution in [0.15, 0.2) is 46.0 Å². The molecule has 0 radical (unpaired) electrons. The molecule has 0 amide bonds. The second kappa shape index (κ2) is 11.5. The van der Waals surface area contributed by atoms with Gasteiger partial charge in [0.05, 0.1) is 25.5 Å². The van der Waals surface area contributed by atoms with Crippen LogP contribution < -0.4 is 20.1 Å². The van der Waals surface area contributed by atoms with Crippen LogP contribution in [0.5, 0.6) is 11.5 Å². The summed E-state index contributed by atoms with van der Waals surface area (Å²) >= 11 is 0. The lowest BCUT2D eigenvalue weighted by molar-refractivity contribution is 0.215. The summed E-state index contributed by atoms with van der Waals surface area (Å²) in [4.78, 5) is 6.85. The summed E-state index contributed by atoms with van der Waals surface area (Å²) in [5.74, 6) is 3.41. The van der Waals surface area contributed by atoms with Crippen molar-refractivity contribution < 1.29 is 13.9 Å². The molecule has 1 fully saturated rings. The van der Waals surface area contributed by atoms with E-state index in [4.69, 9.17) is 13.9 Å². The minimum absolute atomic E-state index is 0. The number of ether oxygens (including phenoxy) is 2. The number of fused-ring (bicyclic) bond motifs is 1. The molecule has 3 heterocycles. The zero-order chi connectivity index (χ0) is 19.9. The van der Waals surface area contributed by atoms with Crippen molar-refractivity contribution in [3.05, 3.63) is 47.9 Å². The Kier molecular flexibility index (Phi) is 8.68. The number of benzene rings is 1. The Hall–Kier alpha value is -1.94. The van der Waals surface area contributed by atoms with Crippen molar-refractivity contribution >= 4 is 29.9 Å². The van der Waals surface area contributed by atoms with Crippen molar-refractivity contribution in [2.45, 2.75) is 31.8 Å². The topological polar surface area (TPSA) is 71.3 Å². The quantitative estimate of drug-likeness (QED) is 0.341. The highest BCUT2D eigenvalue weighted by Gasteiger charge is 2.25. The van der Waals surface area contributed by atoms with Gasteiger partial charge in [0.15, 0.2) is 17.5 Å². The number of halogens is 1. The third kappa shape index (κ3) is 5.81. The first-order valence-corrected chi connectivity index (χ1v) is 10.4. The average molecular weight is 526 g/mol. The standard InChI is InChI=1S/C22H30N4O3.HI/c1-23-22(24-15-17-7-8-20-21(14-17)29-13-5-12-28-20)25-16-18(19-6-4-11-27-19)26-9-2-3-10-26;/h4,6-8,11,14,18H,2-3,5,9-10,12-13,15-16H2,1H3,(H2,23,24,25);1H. The van der Waals surface area contributed by atoms with Gasteiger partial charge < -0.3 is 24.5 Å². The number of furan rings is 1. The van der Waals surface area contributed by atoms with Crippen LogP contribution in [0.2, 0.25) is 0 Å². The van der Waals surface area contributed by atoms with Gasteiger partial charge in [-0.25, -0.2) is 0 Å². The molecule has 7 nitrogen and oxygen atoms in total. The average Bonchev–Trinajstić information content (AvgIpc) is 3.42. The minimum atomic E-state index is 0. The Morgan fingerprint density at radius 1 is 1.07 bits per heavy atom. The van der Waals surface area contributed by atoms with Crippen molar-refractivity contribution in [1.29, 1.82) is 0 Å². The summed E-state index contributed by atoms with van der Waals surface area (Å²) in [6.45, 7) is 5.01. The molecule has 0 bridgehead atoms. The highest BCUT2D eigenvalue weighted by molar-refractivity contribution is 14.0. The zero-order valence-electron chi connectivity index (χ0n) is 17.4. The summed E-state index contributed by atoms with van der Waals surface area (Å²) in [6, 6.07) is 10.3. The molecule has 2 aliphatic rings. The first-order chi connectivity index (χ1) is 14.3. The highest BCUT2D eigenvalue weighted by atomic mass is 127. The van der Waals surface area contributed by atoms with E-state index < -0.39 is 0 Å². The Morgan fingerprint density at radius 3 is 2.60 bits per heavy atom. The molecule has 1 aromatic heterocycles. The molecule has 4 rings (SSSR count). The maximum atomic E-state index is 5.78. The third-order valence-electron chi connectivity index (χ3n) is 5.41. The molecule has 1 unspecified atom stereocenters. The Labute approximate surface area is 195 Å². The lowest BCUT2D eigenvalue weighted by Gasteiger charge is -2.26. The van der Waals surface area contributed by atoms with Crippen LogP contribution in [0.3, 0.4) is 0 Å². The predicted octanol–water partition coefficient (Wildman–Crippen LogP) is 3.56. The number of hydrogen-bond donors (Lipinski definition) is 2. The van der Waals surface area contributed by atoms with Crippen LogP contribution in [0.1, 0.15) is 36.6 Å². The summed E-state index contributed by atoms with van der Waals surface area (Å²) < 4.78 is 17.2. The van der Waals surface area contributed by atoms with Crippen molar-refractivity contribution in [3.63, 3.8) is 0 Å². The largest absolute Gasteiger partial charge is 0.490 e. The van der Waals surface area contributed by atoms with Crippen molar-refractivity contribution in [2.24, 2.45) is 4.99 Å². The van der Waals surface area contributed by atoms with Crippen molar-refractivity contribution in [1.82, 2.24) is 15.5 Å². The first kappa shape index (κ1) is 22.7.